The van der Waals surface area contributed by atoms with Crippen molar-refractivity contribution >= 4 is 5.91 Å². The van der Waals surface area contributed by atoms with Crippen LogP contribution in [0.4, 0.5) is 0 Å². The van der Waals surface area contributed by atoms with E-state index in [1.54, 1.807) is 0 Å². The maximum atomic E-state index is 11.3. The first-order valence-electron chi connectivity index (χ1n) is 7.70. The Kier molecular flexibility index (Phi) is 7.67. The quantitative estimate of drug-likeness (QED) is 0.289. The molecule has 0 aromatic heterocycles. The molecule has 22 heavy (non-hydrogen) atoms. The summed E-state index contributed by atoms with van der Waals surface area (Å²) in [5, 5.41) is 42.3. The molecule has 1 rings (SSSR count). The highest BCUT2D eigenvalue weighted by Gasteiger charge is 2.53. The topological polar surface area (TPSA) is 145 Å². The molecule has 8 heteroatoms. The van der Waals surface area contributed by atoms with E-state index in [0.717, 1.165) is 19.3 Å². The fraction of sp³-hybridized carbons (Fsp3) is 0.929. The van der Waals surface area contributed by atoms with Crippen molar-refractivity contribution in [3.8, 4) is 0 Å². The molecule has 0 spiro atoms. The molecule has 130 valence electrons. The van der Waals surface area contributed by atoms with Gasteiger partial charge in [-0.1, -0.05) is 12.8 Å². The SMILES string of the molecule is CC(=O)N[C@@H]1[C@@H](O)[C@H](O)[C@@H](CO)O[C@]1(O)CCCCCCN. The van der Waals surface area contributed by atoms with Crippen LogP contribution < -0.4 is 11.1 Å². The molecule has 5 atom stereocenters. The highest BCUT2D eigenvalue weighted by atomic mass is 16.6. The van der Waals surface area contributed by atoms with Crippen molar-refractivity contribution in [3.63, 3.8) is 0 Å². The number of aliphatic hydroxyl groups excluding tert-OH is 3. The summed E-state index contributed by atoms with van der Waals surface area (Å²) in [6, 6.07) is -1.16. The molecule has 0 aromatic rings. The van der Waals surface area contributed by atoms with E-state index in [4.69, 9.17) is 10.5 Å². The molecule has 0 saturated carbocycles. The number of carbonyl (C=O) groups excluding carboxylic acids is 1. The lowest BCUT2D eigenvalue weighted by Gasteiger charge is -2.47. The fourth-order valence-corrected chi connectivity index (χ4v) is 2.74. The van der Waals surface area contributed by atoms with Crippen LogP contribution in [0.3, 0.4) is 0 Å². The fourth-order valence-electron chi connectivity index (χ4n) is 2.74. The Balaban J connectivity index is 2.76. The second kappa shape index (κ2) is 8.76. The van der Waals surface area contributed by atoms with Crippen molar-refractivity contribution < 1.29 is 30.0 Å². The maximum Gasteiger partial charge on any atom is 0.217 e. The summed E-state index contributed by atoms with van der Waals surface area (Å²) in [4.78, 5) is 11.3. The third-order valence-electron chi connectivity index (χ3n) is 3.94. The van der Waals surface area contributed by atoms with Crippen molar-refractivity contribution in [1.82, 2.24) is 5.32 Å². The monoisotopic (exact) mass is 320 g/mol. The third-order valence-corrected chi connectivity index (χ3v) is 3.94. The average molecular weight is 320 g/mol. The first kappa shape index (κ1) is 19.3. The number of aliphatic hydroxyl groups is 4. The summed E-state index contributed by atoms with van der Waals surface area (Å²) in [7, 11) is 0. The van der Waals surface area contributed by atoms with Crippen molar-refractivity contribution in [2.75, 3.05) is 13.2 Å². The van der Waals surface area contributed by atoms with E-state index >= 15 is 0 Å². The first-order chi connectivity index (χ1) is 10.4. The van der Waals surface area contributed by atoms with E-state index in [2.05, 4.69) is 5.32 Å². The molecule has 1 amide bonds. The van der Waals surface area contributed by atoms with Crippen molar-refractivity contribution in [2.45, 2.75) is 69.2 Å². The molecule has 1 saturated heterocycles. The number of ether oxygens (including phenoxy) is 1. The summed E-state index contributed by atoms with van der Waals surface area (Å²) in [5.74, 6) is -2.29. The standard InChI is InChI=1S/C14H28N2O6/c1-9(18)16-13-12(20)11(19)10(8-17)22-14(13,21)6-4-2-3-5-7-15/h10-13,17,19-21H,2-8,15H2,1H3,(H,16,18)/t10-,11-,12+,13-,14-/m1/s1. The largest absolute Gasteiger partial charge is 0.394 e. The summed E-state index contributed by atoms with van der Waals surface area (Å²) in [6.07, 6.45) is -0.535. The number of unbranched alkanes of at least 4 members (excludes halogenated alkanes) is 3. The Morgan fingerprint density at radius 1 is 1.23 bits per heavy atom. The van der Waals surface area contributed by atoms with Gasteiger partial charge in [-0.15, -0.1) is 0 Å². The predicted octanol–water partition coefficient (Wildman–Crippen LogP) is -1.80. The van der Waals surface area contributed by atoms with Crippen molar-refractivity contribution in [3.05, 3.63) is 0 Å². The van der Waals surface area contributed by atoms with E-state index < -0.39 is 42.7 Å². The number of amides is 1. The van der Waals surface area contributed by atoms with Gasteiger partial charge in [0.05, 0.1) is 6.61 Å². The molecule has 8 nitrogen and oxygen atoms in total. The molecule has 7 N–H and O–H groups in total. The smallest absolute Gasteiger partial charge is 0.217 e. The molecule has 1 aliphatic rings. The zero-order valence-corrected chi connectivity index (χ0v) is 12.9. The number of carbonyl (C=O) groups is 1. The lowest BCUT2D eigenvalue weighted by molar-refractivity contribution is -0.321. The van der Waals surface area contributed by atoms with Crippen LogP contribution in [0.1, 0.15) is 39.0 Å². The van der Waals surface area contributed by atoms with E-state index in [1.807, 2.05) is 0 Å². The van der Waals surface area contributed by atoms with Crippen LogP contribution in [0.15, 0.2) is 0 Å². The van der Waals surface area contributed by atoms with Gasteiger partial charge in [-0.05, 0) is 19.4 Å². The average Bonchev–Trinajstić information content (AvgIpc) is 2.47. The number of hydrogen-bond acceptors (Lipinski definition) is 7. The molecular weight excluding hydrogens is 292 g/mol. The van der Waals surface area contributed by atoms with Gasteiger partial charge in [0.25, 0.3) is 0 Å². The number of rotatable bonds is 8. The zero-order chi connectivity index (χ0) is 16.8. The second-order valence-electron chi connectivity index (χ2n) is 5.80. The number of nitrogens with one attached hydrogen (secondary N) is 1. The van der Waals surface area contributed by atoms with Gasteiger partial charge in [-0.25, -0.2) is 0 Å². The highest BCUT2D eigenvalue weighted by molar-refractivity contribution is 5.73. The Morgan fingerprint density at radius 2 is 1.86 bits per heavy atom. The molecule has 0 aliphatic carbocycles. The molecule has 1 aliphatic heterocycles. The van der Waals surface area contributed by atoms with Gasteiger partial charge in [0.1, 0.15) is 24.4 Å². The molecule has 0 radical (unpaired) electrons. The van der Waals surface area contributed by atoms with Crippen LogP contribution in [0.25, 0.3) is 0 Å². The number of nitrogens with two attached hydrogens (primary N) is 1. The van der Waals surface area contributed by atoms with E-state index in [9.17, 15) is 25.2 Å². The van der Waals surface area contributed by atoms with Crippen LogP contribution in [0, 0.1) is 0 Å². The van der Waals surface area contributed by atoms with Gasteiger partial charge in [-0.3, -0.25) is 4.79 Å². The molecular formula is C14H28N2O6. The lowest BCUT2D eigenvalue weighted by atomic mass is 9.87. The van der Waals surface area contributed by atoms with E-state index in [-0.39, 0.29) is 6.42 Å². The van der Waals surface area contributed by atoms with Crippen LogP contribution in [0.2, 0.25) is 0 Å². The van der Waals surface area contributed by atoms with Crippen LogP contribution in [-0.2, 0) is 9.53 Å². The van der Waals surface area contributed by atoms with Crippen molar-refractivity contribution in [1.29, 1.82) is 0 Å². The normalized spacial score (nSPS) is 35.4. The van der Waals surface area contributed by atoms with Gasteiger partial charge in [0.15, 0.2) is 5.79 Å². The number of hydrogen-bond donors (Lipinski definition) is 6. The summed E-state index contributed by atoms with van der Waals surface area (Å²) >= 11 is 0. The molecule has 0 unspecified atom stereocenters. The van der Waals surface area contributed by atoms with Crippen LogP contribution in [-0.4, -0.2) is 69.6 Å². The van der Waals surface area contributed by atoms with Gasteiger partial charge in [0, 0.05) is 13.3 Å². The maximum absolute atomic E-state index is 11.3. The van der Waals surface area contributed by atoms with Gasteiger partial charge >= 0.3 is 0 Å². The second-order valence-corrected chi connectivity index (χ2v) is 5.80. The first-order valence-corrected chi connectivity index (χ1v) is 7.70. The van der Waals surface area contributed by atoms with Gasteiger partial charge in [-0.2, -0.15) is 0 Å². The Hall–Kier alpha value is -0.770. The Morgan fingerprint density at radius 3 is 2.41 bits per heavy atom. The van der Waals surface area contributed by atoms with E-state index in [1.165, 1.54) is 6.92 Å². The van der Waals surface area contributed by atoms with Crippen LogP contribution >= 0.6 is 0 Å². The summed E-state index contributed by atoms with van der Waals surface area (Å²) < 4.78 is 5.38. The predicted molar refractivity (Wildman–Crippen MR) is 78.7 cm³/mol. The van der Waals surface area contributed by atoms with Gasteiger partial charge < -0.3 is 36.2 Å². The minimum atomic E-state index is -1.83. The highest BCUT2D eigenvalue weighted by Crippen LogP contribution is 2.32. The molecule has 0 aromatic carbocycles. The van der Waals surface area contributed by atoms with Crippen molar-refractivity contribution in [2.24, 2.45) is 5.73 Å². The summed E-state index contributed by atoms with van der Waals surface area (Å²) in [6.45, 7) is 1.31. The minimum Gasteiger partial charge on any atom is -0.394 e. The lowest BCUT2D eigenvalue weighted by Crippen LogP contribution is -2.70. The minimum absolute atomic E-state index is 0.169. The Labute approximate surface area is 130 Å². The summed E-state index contributed by atoms with van der Waals surface area (Å²) in [5.41, 5.74) is 5.42. The molecule has 1 heterocycles. The molecule has 0 bridgehead atoms. The molecule has 1 fully saturated rings. The zero-order valence-electron chi connectivity index (χ0n) is 12.9. The van der Waals surface area contributed by atoms with E-state index in [0.29, 0.717) is 13.0 Å². The van der Waals surface area contributed by atoms with Gasteiger partial charge in [0.2, 0.25) is 5.91 Å². The van der Waals surface area contributed by atoms with Crippen LogP contribution in [0.5, 0.6) is 0 Å². The third kappa shape index (κ3) is 4.87. The Bertz CT molecular complexity index is 356.